The summed E-state index contributed by atoms with van der Waals surface area (Å²) in [5.41, 5.74) is 1.75. The lowest BCUT2D eigenvalue weighted by molar-refractivity contribution is -0.119. The average Bonchev–Trinajstić information content (AvgIpc) is 2.57. The van der Waals surface area contributed by atoms with E-state index in [4.69, 9.17) is 11.6 Å². The van der Waals surface area contributed by atoms with Crippen LogP contribution in [0.3, 0.4) is 0 Å². The number of nitrogens with zero attached hydrogens (tertiary/aromatic N) is 2. The number of piperidine rings is 1. The summed E-state index contributed by atoms with van der Waals surface area (Å²) >= 11 is 6.14. The maximum Gasteiger partial charge on any atom is 0.137 e. The van der Waals surface area contributed by atoms with Crippen LogP contribution in [0.5, 0.6) is 0 Å². The summed E-state index contributed by atoms with van der Waals surface area (Å²) < 4.78 is 1.63. The third-order valence-corrected chi connectivity index (χ3v) is 4.09. The van der Waals surface area contributed by atoms with Crippen LogP contribution in [-0.4, -0.2) is 28.7 Å². The molecule has 1 N–H and O–H groups in total. The van der Waals surface area contributed by atoms with Crippen LogP contribution >= 0.6 is 11.6 Å². The molecule has 0 spiro atoms. The molecule has 1 aromatic rings. The third kappa shape index (κ3) is 3.12. The van der Waals surface area contributed by atoms with Crippen LogP contribution < -0.4 is 5.32 Å². The predicted molar refractivity (Wildman–Crippen MR) is 71.9 cm³/mol. The molecule has 2 heterocycles. The third-order valence-electron chi connectivity index (χ3n) is 3.62. The van der Waals surface area contributed by atoms with Crippen LogP contribution in [-0.2, 0) is 18.3 Å². The molecule has 0 atom stereocenters. The number of hydrogen-bond acceptors (Lipinski definition) is 3. The summed E-state index contributed by atoms with van der Waals surface area (Å²) in [5, 5.41) is 8.14. The van der Waals surface area contributed by atoms with E-state index in [2.05, 4.69) is 10.4 Å². The Kier molecular flexibility index (Phi) is 4.40. The first kappa shape index (κ1) is 13.6. The van der Waals surface area contributed by atoms with Crippen LogP contribution in [0.2, 0.25) is 5.15 Å². The number of carbonyl (C=O) groups excluding carboxylic acids is 1. The van der Waals surface area contributed by atoms with E-state index in [9.17, 15) is 4.79 Å². The number of nitrogens with one attached hydrogen (secondary N) is 1. The molecule has 0 unspecified atom stereocenters. The lowest BCUT2D eigenvalue weighted by atomic mass is 9.91. The van der Waals surface area contributed by atoms with Crippen LogP contribution in [0.25, 0.3) is 0 Å². The molecule has 100 valence electrons. The van der Waals surface area contributed by atoms with E-state index in [1.54, 1.807) is 11.7 Å². The van der Waals surface area contributed by atoms with Gasteiger partial charge in [0.25, 0.3) is 0 Å². The molecule has 1 fully saturated rings. The van der Waals surface area contributed by atoms with Crippen LogP contribution in [0.4, 0.5) is 0 Å². The number of rotatable bonds is 4. The number of carbonyl (C=O) groups is 1. The van der Waals surface area contributed by atoms with Gasteiger partial charge in [0.05, 0.1) is 5.69 Å². The first-order valence-electron chi connectivity index (χ1n) is 6.48. The van der Waals surface area contributed by atoms with Gasteiger partial charge < -0.3 is 5.32 Å². The van der Waals surface area contributed by atoms with Crippen LogP contribution in [0, 0.1) is 12.8 Å². The van der Waals surface area contributed by atoms with Gasteiger partial charge in [-0.15, -0.1) is 0 Å². The number of aryl methyl sites for hydroxylation is 2. The molecule has 0 radical (unpaired) electrons. The molecule has 2 rings (SSSR count). The summed E-state index contributed by atoms with van der Waals surface area (Å²) in [6.45, 7) is 3.97. The molecule has 18 heavy (non-hydrogen) atoms. The Morgan fingerprint density at radius 3 is 2.72 bits per heavy atom. The van der Waals surface area contributed by atoms with Crippen LogP contribution in [0.15, 0.2) is 0 Å². The first-order valence-corrected chi connectivity index (χ1v) is 6.86. The van der Waals surface area contributed by atoms with Crippen molar-refractivity contribution >= 4 is 17.4 Å². The van der Waals surface area contributed by atoms with E-state index >= 15 is 0 Å². The fourth-order valence-corrected chi connectivity index (χ4v) is 2.79. The normalized spacial score (nSPS) is 17.1. The van der Waals surface area contributed by atoms with E-state index in [0.29, 0.717) is 23.9 Å². The summed E-state index contributed by atoms with van der Waals surface area (Å²) in [7, 11) is 1.80. The zero-order chi connectivity index (χ0) is 13.1. The molecule has 1 aromatic heterocycles. The van der Waals surface area contributed by atoms with Gasteiger partial charge in [-0.05, 0) is 38.8 Å². The summed E-state index contributed by atoms with van der Waals surface area (Å²) in [6, 6.07) is 0. The quantitative estimate of drug-likeness (QED) is 0.908. The molecule has 1 saturated heterocycles. The molecule has 1 aliphatic rings. The number of aromatic nitrogens is 2. The van der Waals surface area contributed by atoms with Gasteiger partial charge in [0, 0.05) is 25.5 Å². The van der Waals surface area contributed by atoms with Crippen molar-refractivity contribution in [2.24, 2.45) is 13.0 Å². The Balaban J connectivity index is 1.94. The minimum Gasteiger partial charge on any atom is -0.317 e. The zero-order valence-corrected chi connectivity index (χ0v) is 11.8. The Hall–Kier alpha value is -0.870. The lowest BCUT2D eigenvalue weighted by Crippen LogP contribution is -2.29. The average molecular weight is 270 g/mol. The summed E-state index contributed by atoms with van der Waals surface area (Å²) in [5.74, 6) is 0.814. The van der Waals surface area contributed by atoms with Gasteiger partial charge in [-0.3, -0.25) is 9.48 Å². The Morgan fingerprint density at radius 1 is 1.50 bits per heavy atom. The molecule has 0 saturated carbocycles. The van der Waals surface area contributed by atoms with Crippen LogP contribution in [0.1, 0.15) is 30.5 Å². The van der Waals surface area contributed by atoms with Gasteiger partial charge in [0.15, 0.2) is 0 Å². The van der Waals surface area contributed by atoms with Gasteiger partial charge in [-0.2, -0.15) is 5.10 Å². The first-order chi connectivity index (χ1) is 8.58. The van der Waals surface area contributed by atoms with Gasteiger partial charge in [0.1, 0.15) is 10.9 Å². The van der Waals surface area contributed by atoms with Crippen molar-refractivity contribution in [1.82, 2.24) is 15.1 Å². The predicted octanol–water partition coefficient (Wildman–Crippen LogP) is 1.88. The number of ketones is 1. The van der Waals surface area contributed by atoms with Crippen molar-refractivity contribution in [2.75, 3.05) is 13.1 Å². The minimum absolute atomic E-state index is 0.278. The SMILES string of the molecule is Cc1nn(C)c(Cl)c1CC(=O)CC1CCNCC1. The Bertz CT molecular complexity index is 436. The molecule has 4 nitrogen and oxygen atoms in total. The molecule has 0 aromatic carbocycles. The van der Waals surface area contributed by atoms with Gasteiger partial charge in [-0.1, -0.05) is 11.6 Å². The number of Topliss-reactive ketones (excluding diaryl/α,β-unsaturated/α-hetero) is 1. The highest BCUT2D eigenvalue weighted by molar-refractivity contribution is 6.30. The van der Waals surface area contributed by atoms with Gasteiger partial charge in [-0.25, -0.2) is 0 Å². The summed E-state index contributed by atoms with van der Waals surface area (Å²) in [6.07, 6.45) is 3.30. The van der Waals surface area contributed by atoms with Crippen molar-refractivity contribution in [1.29, 1.82) is 0 Å². The van der Waals surface area contributed by atoms with Crippen molar-refractivity contribution in [3.05, 3.63) is 16.4 Å². The second-order valence-corrected chi connectivity index (χ2v) is 5.45. The molecule has 0 aliphatic carbocycles. The van der Waals surface area contributed by atoms with Crippen molar-refractivity contribution in [3.8, 4) is 0 Å². The Labute approximate surface area is 113 Å². The monoisotopic (exact) mass is 269 g/mol. The molecular weight excluding hydrogens is 250 g/mol. The second-order valence-electron chi connectivity index (χ2n) is 5.09. The molecule has 0 amide bonds. The maximum atomic E-state index is 12.1. The largest absolute Gasteiger partial charge is 0.317 e. The maximum absolute atomic E-state index is 12.1. The highest BCUT2D eigenvalue weighted by atomic mass is 35.5. The van der Waals surface area contributed by atoms with Crippen molar-refractivity contribution < 1.29 is 4.79 Å². The van der Waals surface area contributed by atoms with Crippen molar-refractivity contribution in [3.63, 3.8) is 0 Å². The fraction of sp³-hybridized carbons (Fsp3) is 0.692. The standard InChI is InChI=1S/C13H20ClN3O/c1-9-12(13(14)17(2)16-9)8-11(18)7-10-3-5-15-6-4-10/h10,15H,3-8H2,1-2H3. The number of halogens is 1. The van der Waals surface area contributed by atoms with E-state index in [1.807, 2.05) is 6.92 Å². The van der Waals surface area contributed by atoms with E-state index < -0.39 is 0 Å². The van der Waals surface area contributed by atoms with Gasteiger partial charge >= 0.3 is 0 Å². The fourth-order valence-electron chi connectivity index (χ4n) is 2.55. The zero-order valence-electron chi connectivity index (χ0n) is 11.0. The lowest BCUT2D eigenvalue weighted by Gasteiger charge is -2.21. The topological polar surface area (TPSA) is 46.9 Å². The Morgan fingerprint density at radius 2 is 2.17 bits per heavy atom. The number of hydrogen-bond donors (Lipinski definition) is 1. The molecular formula is C13H20ClN3O. The highest BCUT2D eigenvalue weighted by Gasteiger charge is 2.19. The molecule has 0 bridgehead atoms. The minimum atomic E-state index is 0.278. The smallest absolute Gasteiger partial charge is 0.137 e. The molecule has 1 aliphatic heterocycles. The second kappa shape index (κ2) is 5.85. The van der Waals surface area contributed by atoms with E-state index in [1.165, 1.54) is 0 Å². The van der Waals surface area contributed by atoms with Gasteiger partial charge in [0.2, 0.25) is 0 Å². The van der Waals surface area contributed by atoms with Crippen molar-refractivity contribution in [2.45, 2.75) is 32.6 Å². The highest BCUT2D eigenvalue weighted by Crippen LogP contribution is 2.22. The molecule has 5 heteroatoms. The van der Waals surface area contributed by atoms with E-state index in [-0.39, 0.29) is 5.78 Å². The van der Waals surface area contributed by atoms with E-state index in [0.717, 1.165) is 37.2 Å². The summed E-state index contributed by atoms with van der Waals surface area (Å²) in [4.78, 5) is 12.1.